The molecule has 0 unspecified atom stereocenters. The predicted octanol–water partition coefficient (Wildman–Crippen LogP) is 3.29. The van der Waals surface area contributed by atoms with Gasteiger partial charge in [0, 0.05) is 0 Å². The molecule has 2 rings (SSSR count). The summed E-state index contributed by atoms with van der Waals surface area (Å²) in [5.41, 5.74) is 1.93. The van der Waals surface area contributed by atoms with Crippen LogP contribution in [0.15, 0.2) is 24.3 Å². The average molecular weight is 358 g/mol. The van der Waals surface area contributed by atoms with E-state index < -0.39 is 11.9 Å². The van der Waals surface area contributed by atoms with Crippen molar-refractivity contribution in [1.82, 2.24) is 0 Å². The van der Waals surface area contributed by atoms with Gasteiger partial charge in [0.15, 0.2) is 6.61 Å². The summed E-state index contributed by atoms with van der Waals surface area (Å²) in [7, 11) is 1.27. The van der Waals surface area contributed by atoms with Crippen LogP contribution in [0.5, 0.6) is 5.75 Å². The van der Waals surface area contributed by atoms with E-state index in [0.717, 1.165) is 17.8 Å². The Bertz CT molecular complexity index is 819. The van der Waals surface area contributed by atoms with E-state index in [2.05, 4.69) is 17.0 Å². The number of aryl methyl sites for hydroxylation is 1. The van der Waals surface area contributed by atoms with Crippen molar-refractivity contribution in [2.45, 2.75) is 20.3 Å². The Kier molecular flexibility index (Phi) is 6.14. The monoisotopic (exact) mass is 358 g/mol. The molecule has 130 valence electrons. The maximum absolute atomic E-state index is 12.1. The normalized spacial score (nSPS) is 10.0. The van der Waals surface area contributed by atoms with Crippen LogP contribution in [0.4, 0.5) is 5.00 Å². The zero-order chi connectivity index (χ0) is 18.4. The third-order valence-electron chi connectivity index (χ3n) is 3.58. The summed E-state index contributed by atoms with van der Waals surface area (Å²) in [6, 6.07) is 9.48. The molecular formula is C18H18N2O4S. The second-order valence-corrected chi connectivity index (χ2v) is 6.22. The minimum atomic E-state index is -0.535. The number of thiophene rings is 1. The van der Waals surface area contributed by atoms with Crippen molar-refractivity contribution in [2.75, 3.05) is 19.0 Å². The van der Waals surface area contributed by atoms with Gasteiger partial charge < -0.3 is 14.8 Å². The number of esters is 1. The minimum absolute atomic E-state index is 0.194. The van der Waals surface area contributed by atoms with Gasteiger partial charge in [-0.15, -0.1) is 11.3 Å². The Morgan fingerprint density at radius 1 is 1.28 bits per heavy atom. The summed E-state index contributed by atoms with van der Waals surface area (Å²) in [4.78, 5) is 24.1. The van der Waals surface area contributed by atoms with Gasteiger partial charge in [0.2, 0.25) is 0 Å². The minimum Gasteiger partial charge on any atom is -0.484 e. The van der Waals surface area contributed by atoms with Crippen molar-refractivity contribution >= 4 is 28.2 Å². The smallest absolute Gasteiger partial charge is 0.348 e. The van der Waals surface area contributed by atoms with Crippen LogP contribution in [0.25, 0.3) is 0 Å². The van der Waals surface area contributed by atoms with Crippen molar-refractivity contribution in [2.24, 2.45) is 0 Å². The third-order valence-corrected chi connectivity index (χ3v) is 4.77. The number of anilines is 1. The molecule has 1 amide bonds. The molecule has 1 heterocycles. The number of rotatable bonds is 6. The zero-order valence-corrected chi connectivity index (χ0v) is 15.0. The third kappa shape index (κ3) is 4.37. The maximum atomic E-state index is 12.1. The molecule has 0 fully saturated rings. The van der Waals surface area contributed by atoms with E-state index in [-0.39, 0.29) is 12.2 Å². The lowest BCUT2D eigenvalue weighted by Crippen LogP contribution is -2.20. The fourth-order valence-corrected chi connectivity index (χ4v) is 3.25. The van der Waals surface area contributed by atoms with Crippen molar-refractivity contribution in [3.63, 3.8) is 0 Å². The van der Waals surface area contributed by atoms with Crippen LogP contribution in [0.2, 0.25) is 0 Å². The van der Waals surface area contributed by atoms with Gasteiger partial charge in [-0.25, -0.2) is 4.79 Å². The molecule has 0 spiro atoms. The maximum Gasteiger partial charge on any atom is 0.348 e. The number of carbonyl (C=O) groups excluding carboxylic acids is 2. The Morgan fingerprint density at radius 2 is 1.96 bits per heavy atom. The molecule has 0 aliphatic rings. The number of hydrogen-bond donors (Lipinski definition) is 1. The summed E-state index contributed by atoms with van der Waals surface area (Å²) >= 11 is 1.01. The number of ether oxygens (including phenoxy) is 2. The van der Waals surface area contributed by atoms with Gasteiger partial charge in [-0.05, 0) is 36.6 Å². The second-order valence-electron chi connectivity index (χ2n) is 5.20. The van der Waals surface area contributed by atoms with Crippen LogP contribution in [0, 0.1) is 18.3 Å². The Hall–Kier alpha value is -2.85. The van der Waals surface area contributed by atoms with Gasteiger partial charge in [0.25, 0.3) is 5.91 Å². The molecule has 25 heavy (non-hydrogen) atoms. The van der Waals surface area contributed by atoms with Crippen LogP contribution >= 0.6 is 11.3 Å². The van der Waals surface area contributed by atoms with Gasteiger partial charge in [0.1, 0.15) is 21.7 Å². The van der Waals surface area contributed by atoms with Gasteiger partial charge in [0.05, 0.1) is 12.7 Å². The average Bonchev–Trinajstić information content (AvgIpc) is 2.94. The van der Waals surface area contributed by atoms with E-state index in [9.17, 15) is 14.9 Å². The van der Waals surface area contributed by atoms with Crippen molar-refractivity contribution in [3.05, 3.63) is 45.8 Å². The molecule has 0 saturated carbocycles. The molecule has 1 aromatic carbocycles. The first kappa shape index (κ1) is 18.5. The predicted molar refractivity (Wildman–Crippen MR) is 95.1 cm³/mol. The Balaban J connectivity index is 2.04. The number of amides is 1. The molecule has 0 aliphatic heterocycles. The van der Waals surface area contributed by atoms with Crippen molar-refractivity contribution in [3.8, 4) is 11.8 Å². The summed E-state index contributed by atoms with van der Waals surface area (Å²) in [6.45, 7) is 3.51. The Morgan fingerprint density at radius 3 is 2.52 bits per heavy atom. The van der Waals surface area contributed by atoms with Crippen LogP contribution in [0.1, 0.15) is 33.3 Å². The quantitative estimate of drug-likeness (QED) is 0.801. The number of nitrogens with zero attached hydrogens (tertiary/aromatic N) is 1. The molecule has 0 atom stereocenters. The number of benzene rings is 1. The lowest BCUT2D eigenvalue weighted by atomic mass is 10.2. The first-order valence-corrected chi connectivity index (χ1v) is 8.45. The molecule has 2 aromatic rings. The molecule has 6 nitrogen and oxygen atoms in total. The molecule has 0 aliphatic carbocycles. The number of methoxy groups -OCH3 is 1. The first-order valence-electron chi connectivity index (χ1n) is 7.63. The molecule has 7 heteroatoms. The van der Waals surface area contributed by atoms with Crippen LogP contribution in [-0.2, 0) is 16.0 Å². The van der Waals surface area contributed by atoms with Gasteiger partial charge >= 0.3 is 5.97 Å². The summed E-state index contributed by atoms with van der Waals surface area (Å²) in [5, 5.41) is 12.2. The molecule has 0 saturated heterocycles. The second kappa shape index (κ2) is 8.31. The summed E-state index contributed by atoms with van der Waals surface area (Å²) in [6.07, 6.45) is 0.929. The lowest BCUT2D eigenvalue weighted by molar-refractivity contribution is -0.118. The largest absolute Gasteiger partial charge is 0.484 e. The number of nitrogens with one attached hydrogen (secondary N) is 1. The van der Waals surface area contributed by atoms with Crippen molar-refractivity contribution < 1.29 is 19.1 Å². The molecule has 1 N–H and O–H groups in total. The van der Waals surface area contributed by atoms with E-state index in [4.69, 9.17) is 4.74 Å². The first-order chi connectivity index (χ1) is 12.0. The number of carbonyl (C=O) groups is 2. The lowest BCUT2D eigenvalue weighted by Gasteiger charge is -2.07. The highest BCUT2D eigenvalue weighted by Crippen LogP contribution is 2.32. The van der Waals surface area contributed by atoms with Crippen molar-refractivity contribution in [1.29, 1.82) is 5.26 Å². The van der Waals surface area contributed by atoms with E-state index >= 15 is 0 Å². The van der Waals surface area contributed by atoms with Crippen LogP contribution < -0.4 is 10.1 Å². The van der Waals surface area contributed by atoms with E-state index in [1.54, 1.807) is 19.1 Å². The summed E-state index contributed by atoms with van der Waals surface area (Å²) < 4.78 is 10.1. The number of nitriles is 1. The van der Waals surface area contributed by atoms with E-state index in [0.29, 0.717) is 21.2 Å². The highest BCUT2D eigenvalue weighted by Gasteiger charge is 2.21. The fourth-order valence-electron chi connectivity index (χ4n) is 2.16. The fraction of sp³-hybridized carbons (Fsp3) is 0.278. The topological polar surface area (TPSA) is 88.4 Å². The highest BCUT2D eigenvalue weighted by atomic mass is 32.1. The van der Waals surface area contributed by atoms with E-state index in [1.807, 2.05) is 18.2 Å². The Labute approximate surface area is 150 Å². The molecule has 0 radical (unpaired) electrons. The SMILES string of the molecule is CCc1ccc(OCC(=O)Nc2sc(C(=O)OC)c(C)c2C#N)cc1. The summed E-state index contributed by atoms with van der Waals surface area (Å²) in [5.74, 6) is -0.356. The molecule has 0 bridgehead atoms. The van der Waals surface area contributed by atoms with Gasteiger partial charge in [-0.1, -0.05) is 19.1 Å². The van der Waals surface area contributed by atoms with E-state index in [1.165, 1.54) is 12.7 Å². The number of hydrogen-bond acceptors (Lipinski definition) is 6. The van der Waals surface area contributed by atoms with Gasteiger partial charge in [-0.3, -0.25) is 4.79 Å². The van der Waals surface area contributed by atoms with Crippen LogP contribution in [0.3, 0.4) is 0 Å². The molecule has 1 aromatic heterocycles. The molecular weight excluding hydrogens is 340 g/mol. The van der Waals surface area contributed by atoms with Crippen LogP contribution in [-0.4, -0.2) is 25.6 Å². The van der Waals surface area contributed by atoms with Gasteiger partial charge in [-0.2, -0.15) is 5.26 Å². The zero-order valence-electron chi connectivity index (χ0n) is 14.2. The standard InChI is InChI=1S/C18H18N2O4S/c1-4-12-5-7-13(8-6-12)24-10-15(21)20-17-14(9-19)11(2)16(25-17)18(22)23-3/h5-8H,4,10H2,1-3H3,(H,20,21). The highest BCUT2D eigenvalue weighted by molar-refractivity contribution is 7.18.